The molecule has 1 heterocycles. The van der Waals surface area contributed by atoms with Crippen molar-refractivity contribution in [2.45, 2.75) is 13.5 Å². The lowest BCUT2D eigenvalue weighted by molar-refractivity contribution is -0.111. The van der Waals surface area contributed by atoms with Crippen molar-refractivity contribution in [2.75, 3.05) is 25.6 Å². The molecule has 0 spiro atoms. The van der Waals surface area contributed by atoms with E-state index in [1.807, 2.05) is 36.6 Å². The smallest absolute Gasteiger partial charge is 0.248 e. The molecule has 0 saturated heterocycles. The van der Waals surface area contributed by atoms with Gasteiger partial charge in [0.25, 0.3) is 0 Å². The van der Waals surface area contributed by atoms with Crippen LogP contribution >= 0.6 is 11.3 Å². The zero-order valence-electron chi connectivity index (χ0n) is 17.3. The molecule has 0 fully saturated rings. The van der Waals surface area contributed by atoms with Crippen LogP contribution in [0.4, 0.5) is 10.1 Å². The molecular weight excluding hydrogens is 419 g/mol. The number of hydrogen-bond acceptors (Lipinski definition) is 6. The van der Waals surface area contributed by atoms with Gasteiger partial charge in [-0.15, -0.1) is 11.3 Å². The molecule has 0 unspecified atom stereocenters. The Kier molecular flexibility index (Phi) is 8.14. The summed E-state index contributed by atoms with van der Waals surface area (Å²) in [7, 11) is 1.56. The summed E-state index contributed by atoms with van der Waals surface area (Å²) in [5, 5.41) is 5.61. The van der Waals surface area contributed by atoms with Crippen molar-refractivity contribution in [3.05, 3.63) is 76.0 Å². The largest absolute Gasteiger partial charge is 0.489 e. The van der Waals surface area contributed by atoms with Crippen molar-refractivity contribution < 1.29 is 23.4 Å². The summed E-state index contributed by atoms with van der Waals surface area (Å²) in [6.45, 7) is 3.03. The molecule has 0 saturated carbocycles. The Balaban J connectivity index is 1.55. The predicted octanol–water partition coefficient (Wildman–Crippen LogP) is 4.85. The van der Waals surface area contributed by atoms with Crippen LogP contribution in [0, 0.1) is 12.7 Å². The number of hydrogen-bond donors (Lipinski definition) is 1. The van der Waals surface area contributed by atoms with Crippen molar-refractivity contribution >= 4 is 29.0 Å². The van der Waals surface area contributed by atoms with Gasteiger partial charge in [-0.25, -0.2) is 9.37 Å². The molecule has 31 heavy (non-hydrogen) atoms. The number of ether oxygens (including phenoxy) is 3. The molecule has 162 valence electrons. The maximum absolute atomic E-state index is 13.6. The number of aromatic nitrogens is 1. The molecule has 6 nitrogen and oxygen atoms in total. The number of carbonyl (C=O) groups is 1. The van der Waals surface area contributed by atoms with E-state index in [9.17, 15) is 9.18 Å². The second-order valence-electron chi connectivity index (χ2n) is 6.52. The maximum Gasteiger partial charge on any atom is 0.248 e. The van der Waals surface area contributed by atoms with Gasteiger partial charge in [-0.3, -0.25) is 4.79 Å². The van der Waals surface area contributed by atoms with Gasteiger partial charge in [-0.1, -0.05) is 12.1 Å². The molecule has 8 heteroatoms. The molecule has 1 N–H and O–H groups in total. The van der Waals surface area contributed by atoms with Crippen molar-refractivity contribution in [2.24, 2.45) is 0 Å². The molecule has 0 aliphatic carbocycles. The highest BCUT2D eigenvalue weighted by atomic mass is 32.1. The standard InChI is InChI=1S/C23H23FN2O4S/c1-16-25-19(15-31-16)14-30-20-7-3-17(4-8-20)5-10-23(27)26-21-13-18(24)6-9-22(21)29-12-11-28-2/h3-10,13,15H,11-12,14H2,1-2H3,(H,26,27). The van der Waals surface area contributed by atoms with Gasteiger partial charge in [-0.05, 0) is 42.8 Å². The third kappa shape index (κ3) is 7.20. The lowest BCUT2D eigenvalue weighted by Crippen LogP contribution is -2.11. The van der Waals surface area contributed by atoms with Gasteiger partial charge in [0.15, 0.2) is 0 Å². The Morgan fingerprint density at radius 3 is 2.68 bits per heavy atom. The van der Waals surface area contributed by atoms with Crippen LogP contribution in [0.2, 0.25) is 0 Å². The van der Waals surface area contributed by atoms with Crippen LogP contribution in [0.3, 0.4) is 0 Å². The molecule has 0 atom stereocenters. The minimum absolute atomic E-state index is 0.256. The van der Waals surface area contributed by atoms with E-state index in [2.05, 4.69) is 10.3 Å². The van der Waals surface area contributed by atoms with E-state index in [0.717, 1.165) is 16.3 Å². The molecule has 3 aromatic rings. The van der Waals surface area contributed by atoms with Crippen molar-refractivity contribution in [1.29, 1.82) is 0 Å². The zero-order valence-corrected chi connectivity index (χ0v) is 18.1. The first-order valence-electron chi connectivity index (χ1n) is 9.57. The fourth-order valence-electron chi connectivity index (χ4n) is 2.61. The van der Waals surface area contributed by atoms with E-state index in [0.29, 0.717) is 24.7 Å². The summed E-state index contributed by atoms with van der Waals surface area (Å²) in [5.74, 6) is 0.213. The number of amides is 1. The summed E-state index contributed by atoms with van der Waals surface area (Å²) < 4.78 is 29.7. The van der Waals surface area contributed by atoms with Crippen LogP contribution in [0.25, 0.3) is 6.08 Å². The van der Waals surface area contributed by atoms with Crippen LogP contribution in [0.1, 0.15) is 16.3 Å². The summed E-state index contributed by atoms with van der Waals surface area (Å²) in [5.41, 5.74) is 1.97. The van der Waals surface area contributed by atoms with E-state index in [1.165, 1.54) is 24.3 Å². The average Bonchev–Trinajstić information content (AvgIpc) is 3.18. The molecule has 0 radical (unpaired) electrons. The van der Waals surface area contributed by atoms with Crippen LogP contribution < -0.4 is 14.8 Å². The topological polar surface area (TPSA) is 69.7 Å². The van der Waals surface area contributed by atoms with Crippen LogP contribution in [-0.4, -0.2) is 31.2 Å². The minimum atomic E-state index is -0.471. The van der Waals surface area contributed by atoms with Gasteiger partial charge in [0.05, 0.1) is 23.0 Å². The van der Waals surface area contributed by atoms with Gasteiger partial charge in [0.1, 0.15) is 30.5 Å². The molecule has 3 rings (SSSR count). The number of anilines is 1. The number of nitrogens with one attached hydrogen (secondary N) is 1. The molecular formula is C23H23FN2O4S. The Labute approximate surface area is 184 Å². The monoisotopic (exact) mass is 442 g/mol. The second kappa shape index (κ2) is 11.2. The van der Waals surface area contributed by atoms with E-state index in [4.69, 9.17) is 14.2 Å². The quantitative estimate of drug-likeness (QED) is 0.359. The Bertz CT molecular complexity index is 1030. The van der Waals surface area contributed by atoms with Crippen LogP contribution in [-0.2, 0) is 16.1 Å². The Morgan fingerprint density at radius 2 is 1.97 bits per heavy atom. The highest BCUT2D eigenvalue weighted by molar-refractivity contribution is 7.09. The maximum atomic E-state index is 13.6. The van der Waals surface area contributed by atoms with Crippen molar-refractivity contribution in [3.63, 3.8) is 0 Å². The number of methoxy groups -OCH3 is 1. The van der Waals surface area contributed by atoms with Crippen molar-refractivity contribution in [3.8, 4) is 11.5 Å². The zero-order chi connectivity index (χ0) is 22.1. The first-order valence-corrected chi connectivity index (χ1v) is 10.5. The summed E-state index contributed by atoms with van der Waals surface area (Å²) in [6, 6.07) is 11.3. The molecule has 0 aliphatic rings. The minimum Gasteiger partial charge on any atom is -0.489 e. The third-order valence-corrected chi connectivity index (χ3v) is 4.93. The van der Waals surface area contributed by atoms with Gasteiger partial charge in [0.2, 0.25) is 5.91 Å². The van der Waals surface area contributed by atoms with Crippen LogP contribution in [0.5, 0.6) is 11.5 Å². The lowest BCUT2D eigenvalue weighted by Gasteiger charge is -2.11. The third-order valence-electron chi connectivity index (χ3n) is 4.11. The average molecular weight is 443 g/mol. The number of aryl methyl sites for hydroxylation is 1. The van der Waals surface area contributed by atoms with Gasteiger partial charge in [-0.2, -0.15) is 0 Å². The van der Waals surface area contributed by atoms with E-state index in [1.54, 1.807) is 24.5 Å². The SMILES string of the molecule is COCCOc1ccc(F)cc1NC(=O)C=Cc1ccc(OCc2csc(C)n2)cc1. The number of halogens is 1. The van der Waals surface area contributed by atoms with Crippen molar-refractivity contribution in [1.82, 2.24) is 4.98 Å². The highest BCUT2D eigenvalue weighted by Gasteiger charge is 2.08. The normalized spacial score (nSPS) is 10.9. The number of benzene rings is 2. The summed E-state index contributed by atoms with van der Waals surface area (Å²) in [6.07, 6.45) is 3.03. The number of nitrogens with zero attached hydrogens (tertiary/aromatic N) is 1. The van der Waals surface area contributed by atoms with E-state index >= 15 is 0 Å². The van der Waals surface area contributed by atoms with E-state index < -0.39 is 11.7 Å². The molecule has 2 aromatic carbocycles. The Morgan fingerprint density at radius 1 is 1.16 bits per heavy atom. The molecule has 1 amide bonds. The highest BCUT2D eigenvalue weighted by Crippen LogP contribution is 2.25. The lowest BCUT2D eigenvalue weighted by atomic mass is 10.2. The summed E-state index contributed by atoms with van der Waals surface area (Å²) >= 11 is 1.59. The van der Waals surface area contributed by atoms with Crippen LogP contribution in [0.15, 0.2) is 53.9 Å². The molecule has 0 bridgehead atoms. The Hall–Kier alpha value is -3.23. The molecule has 1 aromatic heterocycles. The fourth-order valence-corrected chi connectivity index (χ4v) is 3.21. The predicted molar refractivity (Wildman–Crippen MR) is 119 cm³/mol. The van der Waals surface area contributed by atoms with Gasteiger partial charge in [0, 0.05) is 24.6 Å². The molecule has 0 aliphatic heterocycles. The first kappa shape index (κ1) is 22.5. The first-order chi connectivity index (χ1) is 15.0. The summed E-state index contributed by atoms with van der Waals surface area (Å²) in [4.78, 5) is 16.6. The fraction of sp³-hybridized carbons (Fsp3) is 0.217. The number of carbonyl (C=O) groups excluding carboxylic acids is 1. The number of thiazole rings is 1. The van der Waals surface area contributed by atoms with E-state index in [-0.39, 0.29) is 12.3 Å². The van der Waals surface area contributed by atoms with Gasteiger partial charge < -0.3 is 19.5 Å². The number of rotatable bonds is 10. The van der Waals surface area contributed by atoms with Gasteiger partial charge >= 0.3 is 0 Å². The second-order valence-corrected chi connectivity index (χ2v) is 7.58.